The van der Waals surface area contributed by atoms with E-state index < -0.39 is 0 Å². The number of rotatable bonds is 8. The zero-order valence-corrected chi connectivity index (χ0v) is 19.7. The number of carbonyl (C=O) groups excluding carboxylic acids is 1. The van der Waals surface area contributed by atoms with E-state index in [-0.39, 0.29) is 11.7 Å². The Bertz CT molecular complexity index is 1230. The van der Waals surface area contributed by atoms with Crippen LogP contribution >= 0.6 is 11.8 Å². The highest BCUT2D eigenvalue weighted by Gasteiger charge is 2.22. The molecule has 0 N–H and O–H groups in total. The summed E-state index contributed by atoms with van der Waals surface area (Å²) < 4.78 is 17.1. The first-order chi connectivity index (χ1) is 15.9. The van der Waals surface area contributed by atoms with Crippen LogP contribution in [0.15, 0.2) is 72.1 Å². The van der Waals surface area contributed by atoms with E-state index in [4.69, 9.17) is 0 Å². The molecular weight excluding hydrogens is 437 g/mol. The van der Waals surface area contributed by atoms with Gasteiger partial charge in [-0.15, -0.1) is 0 Å². The number of hydrogen-bond donors (Lipinski definition) is 0. The highest BCUT2D eigenvalue weighted by atomic mass is 32.2. The number of amides is 1. The molecule has 4 aromatic rings. The summed E-state index contributed by atoms with van der Waals surface area (Å²) in [6.07, 6.45) is 4.40. The number of carbonyl (C=O) groups is 1. The van der Waals surface area contributed by atoms with E-state index >= 15 is 0 Å². The van der Waals surface area contributed by atoms with Gasteiger partial charge in [-0.05, 0) is 43.2 Å². The van der Waals surface area contributed by atoms with Crippen molar-refractivity contribution in [3.05, 3.63) is 95.3 Å². The minimum atomic E-state index is -0.325. The molecule has 0 spiro atoms. The Morgan fingerprint density at radius 2 is 1.85 bits per heavy atom. The topological polar surface area (TPSA) is 56.0 Å². The van der Waals surface area contributed by atoms with E-state index in [9.17, 15) is 9.18 Å². The second-order valence-electron chi connectivity index (χ2n) is 7.90. The van der Waals surface area contributed by atoms with Gasteiger partial charge in [-0.1, -0.05) is 42.1 Å². The first-order valence-electron chi connectivity index (χ1n) is 10.7. The summed E-state index contributed by atoms with van der Waals surface area (Å²) >= 11 is 1.57. The SMILES string of the molecule is Cc1nn(C)cc1CN(C)C(=O)c1cnc(SCCc2ccccc2)n1-c1ccc(F)cc1. The van der Waals surface area contributed by atoms with Gasteiger partial charge in [-0.3, -0.25) is 14.0 Å². The molecule has 2 aromatic carbocycles. The van der Waals surface area contributed by atoms with Gasteiger partial charge in [0.1, 0.15) is 11.5 Å². The van der Waals surface area contributed by atoms with E-state index in [2.05, 4.69) is 22.2 Å². The zero-order chi connectivity index (χ0) is 23.4. The zero-order valence-electron chi connectivity index (χ0n) is 18.9. The van der Waals surface area contributed by atoms with Gasteiger partial charge in [-0.25, -0.2) is 9.37 Å². The lowest BCUT2D eigenvalue weighted by molar-refractivity contribution is 0.0776. The van der Waals surface area contributed by atoms with Crippen LogP contribution in [0, 0.1) is 12.7 Å². The predicted molar refractivity (Wildman–Crippen MR) is 128 cm³/mol. The Hall–Kier alpha value is -3.39. The van der Waals surface area contributed by atoms with Gasteiger partial charge >= 0.3 is 0 Å². The van der Waals surface area contributed by atoms with Crippen LogP contribution in [0.1, 0.15) is 27.3 Å². The van der Waals surface area contributed by atoms with Gasteiger partial charge < -0.3 is 4.90 Å². The summed E-state index contributed by atoms with van der Waals surface area (Å²) in [7, 11) is 3.62. The summed E-state index contributed by atoms with van der Waals surface area (Å²) in [6.45, 7) is 2.36. The van der Waals surface area contributed by atoms with Crippen LogP contribution in [0.2, 0.25) is 0 Å². The Labute approximate surface area is 197 Å². The van der Waals surface area contributed by atoms with Crippen molar-refractivity contribution in [2.45, 2.75) is 25.0 Å². The van der Waals surface area contributed by atoms with Crippen LogP contribution < -0.4 is 0 Å². The molecule has 170 valence electrons. The lowest BCUT2D eigenvalue weighted by atomic mass is 10.2. The van der Waals surface area contributed by atoms with Crippen molar-refractivity contribution >= 4 is 17.7 Å². The molecule has 0 bridgehead atoms. The van der Waals surface area contributed by atoms with Crippen LogP contribution in [0.3, 0.4) is 0 Å². The molecule has 0 aliphatic carbocycles. The van der Waals surface area contributed by atoms with Crippen LogP contribution in [-0.4, -0.2) is 42.9 Å². The number of nitrogens with zero attached hydrogens (tertiary/aromatic N) is 5. The number of aryl methyl sites for hydroxylation is 3. The largest absolute Gasteiger partial charge is 0.336 e. The molecule has 0 saturated heterocycles. The van der Waals surface area contributed by atoms with Gasteiger partial charge in [0, 0.05) is 43.8 Å². The molecule has 2 heterocycles. The van der Waals surface area contributed by atoms with E-state index in [1.165, 1.54) is 17.7 Å². The van der Waals surface area contributed by atoms with E-state index in [1.807, 2.05) is 42.9 Å². The van der Waals surface area contributed by atoms with E-state index in [0.29, 0.717) is 23.1 Å². The summed E-state index contributed by atoms with van der Waals surface area (Å²) in [5, 5.41) is 5.06. The van der Waals surface area contributed by atoms with Crippen molar-refractivity contribution in [1.29, 1.82) is 0 Å². The molecule has 2 aromatic heterocycles. The Morgan fingerprint density at radius 1 is 1.12 bits per heavy atom. The van der Waals surface area contributed by atoms with Crippen molar-refractivity contribution in [3.63, 3.8) is 0 Å². The Kier molecular flexibility index (Phi) is 6.93. The predicted octanol–water partition coefficient (Wildman–Crippen LogP) is 4.66. The fraction of sp³-hybridized carbons (Fsp3) is 0.240. The summed E-state index contributed by atoms with van der Waals surface area (Å²) in [5.74, 6) is 0.319. The van der Waals surface area contributed by atoms with Crippen LogP contribution in [0.4, 0.5) is 4.39 Å². The minimum Gasteiger partial charge on any atom is -0.336 e. The first-order valence-corrected chi connectivity index (χ1v) is 11.7. The lowest BCUT2D eigenvalue weighted by Crippen LogP contribution is -2.28. The monoisotopic (exact) mass is 463 g/mol. The fourth-order valence-electron chi connectivity index (χ4n) is 3.66. The first kappa shape index (κ1) is 22.8. The van der Waals surface area contributed by atoms with Gasteiger partial charge in [0.2, 0.25) is 0 Å². The smallest absolute Gasteiger partial charge is 0.272 e. The van der Waals surface area contributed by atoms with Gasteiger partial charge in [0.15, 0.2) is 5.16 Å². The van der Waals surface area contributed by atoms with Crippen molar-refractivity contribution in [1.82, 2.24) is 24.2 Å². The van der Waals surface area contributed by atoms with E-state index in [1.54, 1.807) is 46.7 Å². The summed E-state index contributed by atoms with van der Waals surface area (Å²) in [6, 6.07) is 16.4. The average Bonchev–Trinajstić information content (AvgIpc) is 3.36. The number of imidazole rings is 1. The van der Waals surface area contributed by atoms with Crippen LogP contribution in [0.5, 0.6) is 0 Å². The normalized spacial score (nSPS) is 11.0. The van der Waals surface area contributed by atoms with Gasteiger partial charge in [0.25, 0.3) is 5.91 Å². The molecule has 0 atom stereocenters. The van der Waals surface area contributed by atoms with Crippen LogP contribution in [0.25, 0.3) is 5.69 Å². The van der Waals surface area contributed by atoms with Gasteiger partial charge in [-0.2, -0.15) is 5.10 Å². The molecule has 0 aliphatic heterocycles. The van der Waals surface area contributed by atoms with Crippen LogP contribution in [-0.2, 0) is 20.0 Å². The second kappa shape index (κ2) is 10.0. The summed E-state index contributed by atoms with van der Waals surface area (Å²) in [4.78, 5) is 19.6. The summed E-state index contributed by atoms with van der Waals surface area (Å²) in [5.41, 5.74) is 4.26. The molecule has 8 heteroatoms. The molecule has 1 amide bonds. The fourth-order valence-corrected chi connectivity index (χ4v) is 4.64. The third-order valence-electron chi connectivity index (χ3n) is 5.37. The van der Waals surface area contributed by atoms with Crippen molar-refractivity contribution < 1.29 is 9.18 Å². The Morgan fingerprint density at radius 3 is 2.52 bits per heavy atom. The molecule has 33 heavy (non-hydrogen) atoms. The molecule has 0 fully saturated rings. The van der Waals surface area contributed by atoms with Crippen molar-refractivity contribution in [3.8, 4) is 5.69 Å². The second-order valence-corrected chi connectivity index (χ2v) is 8.96. The molecule has 4 rings (SSSR count). The number of hydrogen-bond acceptors (Lipinski definition) is 4. The minimum absolute atomic E-state index is 0.162. The lowest BCUT2D eigenvalue weighted by Gasteiger charge is -2.18. The third-order valence-corrected chi connectivity index (χ3v) is 6.32. The average molecular weight is 464 g/mol. The van der Waals surface area contributed by atoms with Gasteiger partial charge in [0.05, 0.1) is 11.9 Å². The number of thioether (sulfide) groups is 1. The van der Waals surface area contributed by atoms with Crippen molar-refractivity contribution in [2.75, 3.05) is 12.8 Å². The molecule has 0 unspecified atom stereocenters. The number of halogens is 1. The standard InChI is InChI=1S/C25H26FN5OS/c1-18-20(17-30(3)28-18)16-29(2)24(32)23-15-27-25(31(23)22-11-9-21(26)10-12-22)33-14-13-19-7-5-4-6-8-19/h4-12,15,17H,13-14,16H2,1-3H3. The van der Waals surface area contributed by atoms with Crippen molar-refractivity contribution in [2.24, 2.45) is 7.05 Å². The third kappa shape index (κ3) is 5.34. The maximum atomic E-state index is 13.6. The number of benzene rings is 2. The maximum Gasteiger partial charge on any atom is 0.272 e. The maximum absolute atomic E-state index is 13.6. The molecule has 0 saturated carbocycles. The Balaban J connectivity index is 1.59. The molecule has 6 nitrogen and oxygen atoms in total. The number of aromatic nitrogens is 4. The highest BCUT2D eigenvalue weighted by Crippen LogP contribution is 2.26. The quantitative estimate of drug-likeness (QED) is 0.357. The molecular formula is C25H26FN5OS. The van der Waals surface area contributed by atoms with E-state index in [0.717, 1.165) is 23.4 Å². The highest BCUT2D eigenvalue weighted by molar-refractivity contribution is 7.99. The molecule has 0 aliphatic rings. The molecule has 0 radical (unpaired) electrons.